The molecule has 1 aromatic carbocycles. The number of pyridine rings is 2. The van der Waals surface area contributed by atoms with Crippen LogP contribution in [-0.4, -0.2) is 19.9 Å². The lowest BCUT2D eigenvalue weighted by Gasteiger charge is -2.26. The van der Waals surface area contributed by atoms with Gasteiger partial charge in [0.15, 0.2) is 0 Å². The van der Waals surface area contributed by atoms with Crippen molar-refractivity contribution in [3.63, 3.8) is 0 Å². The van der Waals surface area contributed by atoms with E-state index in [0.717, 1.165) is 43.2 Å². The first-order valence-electron chi connectivity index (χ1n) is 11.5. The van der Waals surface area contributed by atoms with Gasteiger partial charge in [0.2, 0.25) is 0 Å². The Morgan fingerprint density at radius 3 is 2.64 bits per heavy atom. The third-order valence-electron chi connectivity index (χ3n) is 6.52. The number of carbonyl (C=O) groups excluding carboxylic acids is 1. The predicted octanol–water partition coefficient (Wildman–Crippen LogP) is 3.87. The predicted molar refractivity (Wildman–Crippen MR) is 127 cm³/mol. The smallest absolute Gasteiger partial charge is 0.267 e. The second kappa shape index (κ2) is 8.65. The van der Waals surface area contributed by atoms with Crippen molar-refractivity contribution in [3.8, 4) is 0 Å². The van der Waals surface area contributed by atoms with Crippen LogP contribution in [0.1, 0.15) is 59.6 Å². The van der Waals surface area contributed by atoms with Crippen molar-refractivity contribution in [1.82, 2.24) is 19.3 Å². The van der Waals surface area contributed by atoms with Gasteiger partial charge in [0.1, 0.15) is 16.8 Å². The summed E-state index contributed by atoms with van der Waals surface area (Å²) in [6.07, 6.45) is 6.80. The van der Waals surface area contributed by atoms with Crippen LogP contribution in [0, 0.1) is 12.3 Å². The van der Waals surface area contributed by atoms with Gasteiger partial charge in [-0.1, -0.05) is 55.2 Å². The van der Waals surface area contributed by atoms with Gasteiger partial charge in [-0.3, -0.25) is 19.4 Å². The highest BCUT2D eigenvalue weighted by molar-refractivity contribution is 5.96. The van der Waals surface area contributed by atoms with Crippen LogP contribution >= 0.6 is 0 Å². The first kappa shape index (κ1) is 21.1. The Hall–Kier alpha value is -3.74. The summed E-state index contributed by atoms with van der Waals surface area (Å²) in [7, 11) is 0. The van der Waals surface area contributed by atoms with Crippen molar-refractivity contribution in [3.05, 3.63) is 87.3 Å². The monoisotopic (exact) mass is 441 g/mol. The van der Waals surface area contributed by atoms with Crippen LogP contribution in [0.5, 0.6) is 0 Å². The van der Waals surface area contributed by atoms with Crippen molar-refractivity contribution in [2.45, 2.75) is 51.6 Å². The largest absolute Gasteiger partial charge is 0.348 e. The first-order chi connectivity index (χ1) is 16.0. The maximum absolute atomic E-state index is 13.3. The summed E-state index contributed by atoms with van der Waals surface area (Å²) in [6, 6.07) is 15.0. The molecule has 3 heterocycles. The quantitative estimate of drug-likeness (QED) is 0.471. The van der Waals surface area contributed by atoms with Gasteiger partial charge < -0.3 is 9.88 Å². The highest BCUT2D eigenvalue weighted by Crippen LogP contribution is 2.29. The maximum Gasteiger partial charge on any atom is 0.267 e. The number of rotatable bonds is 4. The lowest BCUT2D eigenvalue weighted by atomic mass is 9.94. The molecule has 168 valence electrons. The van der Waals surface area contributed by atoms with E-state index in [1.807, 2.05) is 41.8 Å². The summed E-state index contributed by atoms with van der Waals surface area (Å²) in [5.74, 6) is -0.357. The number of nitrogens with one attached hydrogen (secondary N) is 2. The molecule has 0 bridgehead atoms. The number of aromatic nitrogens is 3. The first-order valence-corrected chi connectivity index (χ1v) is 11.5. The minimum Gasteiger partial charge on any atom is -0.348 e. The molecular weight excluding hydrogens is 414 g/mol. The Bertz CT molecular complexity index is 1460. The lowest BCUT2D eigenvalue weighted by Crippen LogP contribution is -2.36. The van der Waals surface area contributed by atoms with Crippen LogP contribution in [-0.2, 0) is 6.54 Å². The Morgan fingerprint density at radius 1 is 1.12 bits per heavy atom. The zero-order chi connectivity index (χ0) is 22.9. The van der Waals surface area contributed by atoms with Crippen LogP contribution in [0.15, 0.2) is 59.5 Å². The highest BCUT2D eigenvalue weighted by atomic mass is 16.1. The summed E-state index contributed by atoms with van der Waals surface area (Å²) in [6.45, 7) is 2.37. The van der Waals surface area contributed by atoms with E-state index in [1.54, 1.807) is 18.3 Å². The summed E-state index contributed by atoms with van der Waals surface area (Å²) < 4.78 is 3.31. The van der Waals surface area contributed by atoms with Crippen molar-refractivity contribution in [1.29, 1.82) is 5.41 Å². The molecule has 5 rings (SSSR count). The molecule has 1 aliphatic carbocycles. The lowest BCUT2D eigenvalue weighted by molar-refractivity contribution is 0.0948. The number of aryl methyl sites for hydroxylation is 1. The van der Waals surface area contributed by atoms with Gasteiger partial charge in [-0.25, -0.2) is 4.98 Å². The highest BCUT2D eigenvalue weighted by Gasteiger charge is 2.23. The fourth-order valence-corrected chi connectivity index (χ4v) is 4.70. The van der Waals surface area contributed by atoms with Gasteiger partial charge in [0.05, 0.1) is 10.9 Å². The average Bonchev–Trinajstić information content (AvgIpc) is 2.84. The van der Waals surface area contributed by atoms with Crippen molar-refractivity contribution in [2.24, 2.45) is 0 Å². The van der Waals surface area contributed by atoms with E-state index in [9.17, 15) is 9.59 Å². The number of carbonyl (C=O) groups is 1. The summed E-state index contributed by atoms with van der Waals surface area (Å²) >= 11 is 0. The van der Waals surface area contributed by atoms with Crippen molar-refractivity contribution >= 4 is 22.6 Å². The van der Waals surface area contributed by atoms with E-state index in [0.29, 0.717) is 23.2 Å². The molecule has 7 heteroatoms. The molecule has 1 fully saturated rings. The zero-order valence-corrected chi connectivity index (χ0v) is 18.7. The molecule has 2 N–H and O–H groups in total. The van der Waals surface area contributed by atoms with Crippen LogP contribution in [0.25, 0.3) is 16.7 Å². The molecule has 1 amide bonds. The van der Waals surface area contributed by atoms with E-state index in [4.69, 9.17) is 10.4 Å². The van der Waals surface area contributed by atoms with Crippen LogP contribution in [0.2, 0.25) is 0 Å². The third kappa shape index (κ3) is 3.95. The summed E-state index contributed by atoms with van der Waals surface area (Å²) in [5.41, 5.74) is 3.25. The minimum atomic E-state index is -0.357. The molecule has 0 spiro atoms. The Balaban J connectivity index is 1.64. The van der Waals surface area contributed by atoms with Crippen molar-refractivity contribution < 1.29 is 4.79 Å². The van der Waals surface area contributed by atoms with Crippen molar-refractivity contribution in [2.75, 3.05) is 0 Å². The maximum atomic E-state index is 13.3. The number of hydrogen-bond acceptors (Lipinski definition) is 4. The number of nitrogens with zero attached hydrogens (tertiary/aromatic N) is 3. The topological polar surface area (TPSA) is 92.2 Å². The molecule has 0 radical (unpaired) electrons. The van der Waals surface area contributed by atoms with Crippen LogP contribution in [0.4, 0.5) is 0 Å². The van der Waals surface area contributed by atoms with E-state index >= 15 is 0 Å². The molecule has 1 saturated carbocycles. The van der Waals surface area contributed by atoms with Gasteiger partial charge >= 0.3 is 0 Å². The molecule has 0 aliphatic heterocycles. The number of amides is 1. The van der Waals surface area contributed by atoms with Gasteiger partial charge in [0.25, 0.3) is 11.5 Å². The molecule has 3 aromatic heterocycles. The van der Waals surface area contributed by atoms with Crippen LogP contribution < -0.4 is 16.4 Å². The molecular formula is C26H27N5O2. The SMILES string of the molecule is Cc1ccc(CNC(=O)c2cc3c(=O)n4ccccc4nc3n(C3CCCCC3)c2=N)cc1. The second-order valence-electron chi connectivity index (χ2n) is 8.82. The molecule has 7 nitrogen and oxygen atoms in total. The van der Waals surface area contributed by atoms with Gasteiger partial charge in [-0.2, -0.15) is 0 Å². The fraction of sp³-hybridized carbons (Fsp3) is 0.308. The molecule has 33 heavy (non-hydrogen) atoms. The summed E-state index contributed by atoms with van der Waals surface area (Å²) in [4.78, 5) is 31.3. The molecule has 0 unspecified atom stereocenters. The molecule has 0 atom stereocenters. The Morgan fingerprint density at radius 2 is 1.88 bits per heavy atom. The van der Waals surface area contributed by atoms with Gasteiger partial charge in [-0.05, 0) is 43.5 Å². The van der Waals surface area contributed by atoms with Crippen LogP contribution in [0.3, 0.4) is 0 Å². The molecule has 0 saturated heterocycles. The third-order valence-corrected chi connectivity index (χ3v) is 6.52. The number of benzene rings is 1. The number of hydrogen-bond donors (Lipinski definition) is 2. The van der Waals surface area contributed by atoms with E-state index in [2.05, 4.69) is 5.32 Å². The Labute approximate surface area is 191 Å². The van der Waals surface area contributed by atoms with Gasteiger partial charge in [-0.15, -0.1) is 0 Å². The number of fused-ring (bicyclic) bond motifs is 2. The van der Waals surface area contributed by atoms with E-state index in [-0.39, 0.29) is 28.6 Å². The zero-order valence-electron chi connectivity index (χ0n) is 18.7. The fourth-order valence-electron chi connectivity index (χ4n) is 4.70. The normalized spacial score (nSPS) is 14.6. The minimum absolute atomic E-state index is 0.0525. The second-order valence-corrected chi connectivity index (χ2v) is 8.82. The standard InChI is InChI=1S/C26H27N5O2/c1-17-10-12-18(13-11-17)16-28-25(32)20-15-21-24(29-22-9-5-6-14-30(22)26(21)33)31(23(20)27)19-7-3-2-4-8-19/h5-6,9-15,19,27H,2-4,7-8,16H2,1H3,(H,28,32). The average molecular weight is 442 g/mol. The summed E-state index contributed by atoms with van der Waals surface area (Å²) in [5, 5.41) is 12.2. The van der Waals surface area contributed by atoms with E-state index in [1.165, 1.54) is 10.5 Å². The Kier molecular flexibility index (Phi) is 5.54. The molecule has 4 aromatic rings. The molecule has 1 aliphatic rings. The van der Waals surface area contributed by atoms with Gasteiger partial charge in [0, 0.05) is 18.8 Å². The van der Waals surface area contributed by atoms with E-state index < -0.39 is 0 Å².